The van der Waals surface area contributed by atoms with Crippen LogP contribution in [0, 0.1) is 5.92 Å². The highest BCUT2D eigenvalue weighted by molar-refractivity contribution is 4.74. The summed E-state index contributed by atoms with van der Waals surface area (Å²) in [5.74, 6) is 1.00. The Labute approximate surface area is 89.7 Å². The molecule has 1 rings (SSSR count). The first-order valence-corrected chi connectivity index (χ1v) is 6.60. The highest BCUT2D eigenvalue weighted by atomic mass is 14.9. The van der Waals surface area contributed by atoms with Crippen LogP contribution in [0.25, 0.3) is 0 Å². The Balaban J connectivity index is 2.33. The highest BCUT2D eigenvalue weighted by Gasteiger charge is 2.17. The lowest BCUT2D eigenvalue weighted by Crippen LogP contribution is -2.31. The topological polar surface area (TPSA) is 12.0 Å². The van der Waals surface area contributed by atoms with Crippen molar-refractivity contribution in [1.29, 1.82) is 0 Å². The minimum Gasteiger partial charge on any atom is -0.314 e. The molecule has 14 heavy (non-hydrogen) atoms. The van der Waals surface area contributed by atoms with Gasteiger partial charge in [-0.2, -0.15) is 0 Å². The summed E-state index contributed by atoms with van der Waals surface area (Å²) >= 11 is 0. The molecule has 84 valence electrons. The van der Waals surface area contributed by atoms with Gasteiger partial charge in [0.1, 0.15) is 0 Å². The van der Waals surface area contributed by atoms with E-state index in [0.29, 0.717) is 0 Å². The third-order valence-electron chi connectivity index (χ3n) is 3.47. The third kappa shape index (κ3) is 4.45. The second-order valence-electron chi connectivity index (χ2n) is 4.78. The van der Waals surface area contributed by atoms with Gasteiger partial charge in [0.05, 0.1) is 0 Å². The average Bonchev–Trinajstić information content (AvgIpc) is 2.13. The molecule has 0 bridgehead atoms. The standard InChI is InChI=1S/C13H27N/c1-3-8-12-9-6-5-7-10-13(11-12)14-4-2/h12-14H,3-11H2,1-2H3. The maximum atomic E-state index is 3.64. The molecule has 1 saturated carbocycles. The molecular weight excluding hydrogens is 170 g/mol. The second-order valence-corrected chi connectivity index (χ2v) is 4.78. The van der Waals surface area contributed by atoms with Crippen LogP contribution in [-0.4, -0.2) is 12.6 Å². The molecule has 0 aliphatic heterocycles. The predicted molar refractivity (Wildman–Crippen MR) is 63.6 cm³/mol. The molecule has 0 spiro atoms. The van der Waals surface area contributed by atoms with Gasteiger partial charge in [-0.05, 0) is 25.3 Å². The maximum absolute atomic E-state index is 3.64. The molecule has 0 amide bonds. The minimum atomic E-state index is 0.817. The molecular formula is C13H27N. The molecule has 0 radical (unpaired) electrons. The first-order valence-electron chi connectivity index (χ1n) is 6.60. The summed E-state index contributed by atoms with van der Waals surface area (Å²) in [5, 5.41) is 3.64. The smallest absolute Gasteiger partial charge is 0.00695 e. The molecule has 2 unspecified atom stereocenters. The van der Waals surface area contributed by atoms with Crippen LogP contribution >= 0.6 is 0 Å². The first-order chi connectivity index (χ1) is 6.86. The molecule has 0 aromatic carbocycles. The summed E-state index contributed by atoms with van der Waals surface area (Å²) in [6, 6.07) is 0.817. The van der Waals surface area contributed by atoms with E-state index < -0.39 is 0 Å². The van der Waals surface area contributed by atoms with Crippen molar-refractivity contribution >= 4 is 0 Å². The van der Waals surface area contributed by atoms with Gasteiger partial charge < -0.3 is 5.32 Å². The lowest BCUT2D eigenvalue weighted by atomic mass is 9.85. The van der Waals surface area contributed by atoms with Crippen molar-refractivity contribution in [2.75, 3.05) is 6.54 Å². The van der Waals surface area contributed by atoms with Crippen LogP contribution in [0.5, 0.6) is 0 Å². The van der Waals surface area contributed by atoms with Gasteiger partial charge in [-0.1, -0.05) is 52.4 Å². The van der Waals surface area contributed by atoms with Gasteiger partial charge >= 0.3 is 0 Å². The zero-order chi connectivity index (χ0) is 10.2. The van der Waals surface area contributed by atoms with Gasteiger partial charge in [0, 0.05) is 6.04 Å². The lowest BCUT2D eigenvalue weighted by Gasteiger charge is -2.26. The van der Waals surface area contributed by atoms with E-state index >= 15 is 0 Å². The number of hydrogen-bond donors (Lipinski definition) is 1. The van der Waals surface area contributed by atoms with Crippen LogP contribution in [0.1, 0.15) is 65.2 Å². The van der Waals surface area contributed by atoms with Gasteiger partial charge in [0.25, 0.3) is 0 Å². The summed E-state index contributed by atoms with van der Waals surface area (Å²) in [7, 11) is 0. The first kappa shape index (κ1) is 12.0. The van der Waals surface area contributed by atoms with Crippen LogP contribution in [0.4, 0.5) is 0 Å². The number of hydrogen-bond acceptors (Lipinski definition) is 1. The van der Waals surface area contributed by atoms with E-state index in [4.69, 9.17) is 0 Å². The van der Waals surface area contributed by atoms with Crippen molar-refractivity contribution in [1.82, 2.24) is 5.32 Å². The molecule has 2 atom stereocenters. The van der Waals surface area contributed by atoms with Crippen molar-refractivity contribution in [3.63, 3.8) is 0 Å². The largest absolute Gasteiger partial charge is 0.314 e. The Hall–Kier alpha value is -0.0400. The Bertz CT molecular complexity index is 119. The zero-order valence-electron chi connectivity index (χ0n) is 10.0. The Morgan fingerprint density at radius 3 is 2.57 bits per heavy atom. The molecule has 0 aromatic rings. The Kier molecular flexibility index (Phi) is 6.25. The fraction of sp³-hybridized carbons (Fsp3) is 1.00. The molecule has 1 N–H and O–H groups in total. The van der Waals surface area contributed by atoms with E-state index in [0.717, 1.165) is 18.5 Å². The van der Waals surface area contributed by atoms with E-state index in [2.05, 4.69) is 19.2 Å². The van der Waals surface area contributed by atoms with Crippen LogP contribution in [0.3, 0.4) is 0 Å². The normalized spacial score (nSPS) is 29.6. The second kappa shape index (κ2) is 7.28. The predicted octanol–water partition coefficient (Wildman–Crippen LogP) is 3.74. The summed E-state index contributed by atoms with van der Waals surface area (Å²) in [6.45, 7) is 5.69. The van der Waals surface area contributed by atoms with Crippen molar-refractivity contribution in [2.45, 2.75) is 71.3 Å². The van der Waals surface area contributed by atoms with Crippen molar-refractivity contribution in [2.24, 2.45) is 5.92 Å². The van der Waals surface area contributed by atoms with E-state index in [-0.39, 0.29) is 0 Å². The van der Waals surface area contributed by atoms with Gasteiger partial charge in [-0.3, -0.25) is 0 Å². The van der Waals surface area contributed by atoms with Crippen molar-refractivity contribution < 1.29 is 0 Å². The van der Waals surface area contributed by atoms with Crippen molar-refractivity contribution in [3.8, 4) is 0 Å². The molecule has 0 saturated heterocycles. The van der Waals surface area contributed by atoms with E-state index in [1.807, 2.05) is 0 Å². The van der Waals surface area contributed by atoms with Gasteiger partial charge in [-0.25, -0.2) is 0 Å². The molecule has 1 aliphatic rings. The van der Waals surface area contributed by atoms with Gasteiger partial charge in [0.2, 0.25) is 0 Å². The summed E-state index contributed by atoms with van der Waals surface area (Å²) in [6.07, 6.45) is 11.5. The molecule has 0 aromatic heterocycles. The van der Waals surface area contributed by atoms with E-state index in [1.165, 1.54) is 51.4 Å². The summed E-state index contributed by atoms with van der Waals surface area (Å²) < 4.78 is 0. The van der Waals surface area contributed by atoms with E-state index in [1.54, 1.807) is 0 Å². The number of rotatable bonds is 4. The molecule has 1 nitrogen and oxygen atoms in total. The van der Waals surface area contributed by atoms with Crippen LogP contribution in [0.15, 0.2) is 0 Å². The van der Waals surface area contributed by atoms with Gasteiger partial charge in [-0.15, -0.1) is 0 Å². The van der Waals surface area contributed by atoms with Gasteiger partial charge in [0.15, 0.2) is 0 Å². The maximum Gasteiger partial charge on any atom is 0.00695 e. The molecule has 1 fully saturated rings. The Morgan fingerprint density at radius 2 is 1.86 bits per heavy atom. The monoisotopic (exact) mass is 197 g/mol. The van der Waals surface area contributed by atoms with E-state index in [9.17, 15) is 0 Å². The summed E-state index contributed by atoms with van der Waals surface area (Å²) in [5.41, 5.74) is 0. The zero-order valence-corrected chi connectivity index (χ0v) is 10.0. The molecule has 1 heteroatoms. The highest BCUT2D eigenvalue weighted by Crippen LogP contribution is 2.25. The third-order valence-corrected chi connectivity index (χ3v) is 3.47. The summed E-state index contributed by atoms with van der Waals surface area (Å²) in [4.78, 5) is 0. The molecule has 0 heterocycles. The van der Waals surface area contributed by atoms with Crippen LogP contribution < -0.4 is 5.32 Å². The van der Waals surface area contributed by atoms with Crippen molar-refractivity contribution in [3.05, 3.63) is 0 Å². The molecule has 1 aliphatic carbocycles. The lowest BCUT2D eigenvalue weighted by molar-refractivity contribution is 0.300. The minimum absolute atomic E-state index is 0.817. The fourth-order valence-corrected chi connectivity index (χ4v) is 2.78. The SMILES string of the molecule is CCCC1CCCCCC(NCC)C1. The van der Waals surface area contributed by atoms with Crippen LogP contribution in [-0.2, 0) is 0 Å². The number of nitrogens with one attached hydrogen (secondary N) is 1. The quantitative estimate of drug-likeness (QED) is 0.724. The van der Waals surface area contributed by atoms with Crippen LogP contribution in [0.2, 0.25) is 0 Å². The average molecular weight is 197 g/mol. The fourth-order valence-electron chi connectivity index (χ4n) is 2.78. The Morgan fingerprint density at radius 1 is 1.07 bits per heavy atom.